The molecule has 0 fully saturated rings. The molecule has 0 aliphatic heterocycles. The van der Waals surface area contributed by atoms with Gasteiger partial charge in [-0.15, -0.1) is 0 Å². The highest BCUT2D eigenvalue weighted by Crippen LogP contribution is 2.46. The second-order valence-electron chi connectivity index (χ2n) is 6.48. The summed E-state index contributed by atoms with van der Waals surface area (Å²) in [5.74, 6) is -0.412. The highest BCUT2D eigenvalue weighted by molar-refractivity contribution is 6.53. The fourth-order valence-corrected chi connectivity index (χ4v) is 3.61. The van der Waals surface area contributed by atoms with Crippen LogP contribution in [-0.2, 0) is 9.59 Å². The van der Waals surface area contributed by atoms with Crippen molar-refractivity contribution in [3.63, 3.8) is 0 Å². The van der Waals surface area contributed by atoms with Crippen molar-refractivity contribution in [2.75, 3.05) is 0 Å². The fourth-order valence-electron chi connectivity index (χ4n) is 3.61. The van der Waals surface area contributed by atoms with E-state index in [4.69, 9.17) is 0 Å². The lowest BCUT2D eigenvalue weighted by Crippen LogP contribution is -2.09. The summed E-state index contributed by atoms with van der Waals surface area (Å²) in [6.45, 7) is 1.46. The van der Waals surface area contributed by atoms with E-state index in [0.717, 1.165) is 27.8 Å². The van der Waals surface area contributed by atoms with Gasteiger partial charge in [0.2, 0.25) is 0 Å². The van der Waals surface area contributed by atoms with Gasteiger partial charge in [0.15, 0.2) is 11.6 Å². The topological polar surface area (TPSA) is 34.1 Å². The average molecular weight is 350 g/mol. The van der Waals surface area contributed by atoms with Gasteiger partial charge >= 0.3 is 0 Å². The number of allylic oxidation sites excluding steroid dienone is 4. The number of carbonyl (C=O) groups excluding carboxylic acids is 2. The molecule has 2 heteroatoms. The largest absolute Gasteiger partial charge is 0.294 e. The van der Waals surface area contributed by atoms with Crippen LogP contribution < -0.4 is 0 Å². The highest BCUT2D eigenvalue weighted by atomic mass is 16.1. The van der Waals surface area contributed by atoms with Gasteiger partial charge in [0.1, 0.15) is 0 Å². The van der Waals surface area contributed by atoms with Crippen molar-refractivity contribution in [1.29, 1.82) is 0 Å². The van der Waals surface area contributed by atoms with Crippen molar-refractivity contribution in [1.82, 2.24) is 0 Å². The van der Waals surface area contributed by atoms with Crippen molar-refractivity contribution in [2.45, 2.75) is 6.92 Å². The lowest BCUT2D eigenvalue weighted by molar-refractivity contribution is -0.117. The van der Waals surface area contributed by atoms with E-state index in [2.05, 4.69) is 0 Å². The molecule has 0 atom stereocenters. The minimum Gasteiger partial charge on any atom is -0.294 e. The van der Waals surface area contributed by atoms with Crippen LogP contribution in [0.2, 0.25) is 0 Å². The smallest absolute Gasteiger partial charge is 0.198 e. The summed E-state index contributed by atoms with van der Waals surface area (Å²) in [4.78, 5) is 25.9. The van der Waals surface area contributed by atoms with Crippen LogP contribution in [0.1, 0.15) is 23.6 Å². The molecule has 1 aliphatic carbocycles. The van der Waals surface area contributed by atoms with E-state index in [9.17, 15) is 9.59 Å². The molecule has 130 valence electrons. The normalized spacial score (nSPS) is 14.0. The summed E-state index contributed by atoms with van der Waals surface area (Å²) >= 11 is 0. The number of ketones is 2. The first-order valence-corrected chi connectivity index (χ1v) is 8.89. The van der Waals surface area contributed by atoms with Gasteiger partial charge in [-0.2, -0.15) is 0 Å². The summed E-state index contributed by atoms with van der Waals surface area (Å²) in [5.41, 5.74) is 5.03. The molecule has 1 aliphatic rings. The molecule has 4 rings (SSSR count). The van der Waals surface area contributed by atoms with Crippen LogP contribution in [0.5, 0.6) is 0 Å². The van der Waals surface area contributed by atoms with Gasteiger partial charge < -0.3 is 0 Å². The number of benzene rings is 3. The van der Waals surface area contributed by atoms with Crippen molar-refractivity contribution >= 4 is 28.3 Å². The number of hydrogen-bond donors (Lipinski definition) is 0. The molecule has 27 heavy (non-hydrogen) atoms. The van der Waals surface area contributed by atoms with Gasteiger partial charge in [-0.3, -0.25) is 9.59 Å². The lowest BCUT2D eigenvalue weighted by Gasteiger charge is -2.12. The Kier molecular flexibility index (Phi) is 4.39. The molecular formula is C25H18O2. The Bertz CT molecular complexity index is 1070. The number of rotatable bonds is 4. The Morgan fingerprint density at radius 2 is 0.926 bits per heavy atom. The predicted octanol–water partition coefficient (Wildman–Crippen LogP) is 5.22. The predicted molar refractivity (Wildman–Crippen MR) is 109 cm³/mol. The standard InChI is InChI=1S/C25H18O2/c1-17(26)21-22(18-11-5-2-6-12-18)23(19-13-7-3-8-14-19)24(25(21)27)20-15-9-4-10-16-20/h2-16H,1H3. The molecule has 0 saturated heterocycles. The molecule has 0 bridgehead atoms. The lowest BCUT2D eigenvalue weighted by atomic mass is 9.90. The van der Waals surface area contributed by atoms with Crippen molar-refractivity contribution in [2.24, 2.45) is 0 Å². The maximum Gasteiger partial charge on any atom is 0.198 e. The molecule has 0 unspecified atom stereocenters. The summed E-state index contributed by atoms with van der Waals surface area (Å²) < 4.78 is 0. The monoisotopic (exact) mass is 350 g/mol. The Morgan fingerprint density at radius 1 is 0.556 bits per heavy atom. The molecular weight excluding hydrogens is 332 g/mol. The molecule has 0 heterocycles. The van der Waals surface area contributed by atoms with Crippen LogP contribution in [0.3, 0.4) is 0 Å². The van der Waals surface area contributed by atoms with E-state index < -0.39 is 0 Å². The Hall–Kier alpha value is -3.52. The molecule has 3 aromatic rings. The van der Waals surface area contributed by atoms with E-state index in [1.165, 1.54) is 6.92 Å². The van der Waals surface area contributed by atoms with Crippen LogP contribution in [0.25, 0.3) is 16.7 Å². The third kappa shape index (κ3) is 2.96. The Balaban J connectivity index is 2.09. The summed E-state index contributed by atoms with van der Waals surface area (Å²) in [6, 6.07) is 29.1. The van der Waals surface area contributed by atoms with Crippen LogP contribution in [0, 0.1) is 0 Å². The zero-order valence-electron chi connectivity index (χ0n) is 15.0. The maximum absolute atomic E-state index is 13.4. The van der Waals surface area contributed by atoms with E-state index in [1.54, 1.807) is 0 Å². The molecule has 3 aromatic carbocycles. The quantitative estimate of drug-likeness (QED) is 0.604. The number of carbonyl (C=O) groups is 2. The summed E-state index contributed by atoms with van der Waals surface area (Å²) in [7, 11) is 0. The van der Waals surface area contributed by atoms with Crippen LogP contribution >= 0.6 is 0 Å². The van der Waals surface area contributed by atoms with E-state index in [0.29, 0.717) is 5.57 Å². The zero-order chi connectivity index (χ0) is 18.8. The van der Waals surface area contributed by atoms with Gasteiger partial charge in [0.25, 0.3) is 0 Å². The Morgan fingerprint density at radius 3 is 1.33 bits per heavy atom. The van der Waals surface area contributed by atoms with Gasteiger partial charge in [-0.25, -0.2) is 0 Å². The molecule has 2 nitrogen and oxygen atoms in total. The zero-order valence-corrected chi connectivity index (χ0v) is 15.0. The van der Waals surface area contributed by atoms with Crippen molar-refractivity contribution in [3.8, 4) is 0 Å². The molecule has 0 aromatic heterocycles. The number of hydrogen-bond acceptors (Lipinski definition) is 2. The van der Waals surface area contributed by atoms with E-state index in [-0.39, 0.29) is 17.1 Å². The third-order valence-corrected chi connectivity index (χ3v) is 4.74. The van der Waals surface area contributed by atoms with Gasteiger partial charge in [-0.05, 0) is 23.6 Å². The van der Waals surface area contributed by atoms with E-state index >= 15 is 0 Å². The molecule has 0 radical (unpaired) electrons. The number of Topliss-reactive ketones (excluding diaryl/α,β-unsaturated/α-hetero) is 2. The van der Waals surface area contributed by atoms with Gasteiger partial charge in [-0.1, -0.05) is 91.0 Å². The SMILES string of the molecule is CC(=O)C1=C(c2ccccc2)C(c2ccccc2)=C(c2ccccc2)C1=O. The second kappa shape index (κ2) is 7.00. The van der Waals surface area contributed by atoms with Gasteiger partial charge in [0, 0.05) is 16.7 Å². The molecule has 0 spiro atoms. The molecule has 0 amide bonds. The first-order valence-electron chi connectivity index (χ1n) is 8.89. The fraction of sp³-hybridized carbons (Fsp3) is 0.0400. The maximum atomic E-state index is 13.4. The summed E-state index contributed by atoms with van der Waals surface area (Å²) in [6.07, 6.45) is 0. The van der Waals surface area contributed by atoms with Crippen LogP contribution in [-0.4, -0.2) is 11.6 Å². The third-order valence-electron chi connectivity index (χ3n) is 4.74. The first kappa shape index (κ1) is 16.9. The van der Waals surface area contributed by atoms with Crippen molar-refractivity contribution < 1.29 is 9.59 Å². The average Bonchev–Trinajstić information content (AvgIpc) is 3.03. The van der Waals surface area contributed by atoms with Crippen molar-refractivity contribution in [3.05, 3.63) is 113 Å². The van der Waals surface area contributed by atoms with Crippen LogP contribution in [0.4, 0.5) is 0 Å². The van der Waals surface area contributed by atoms with Crippen LogP contribution in [0.15, 0.2) is 96.6 Å². The van der Waals surface area contributed by atoms with E-state index in [1.807, 2.05) is 91.0 Å². The minimum absolute atomic E-state index is 0.202. The first-order chi connectivity index (χ1) is 13.2. The second-order valence-corrected chi connectivity index (χ2v) is 6.48. The highest BCUT2D eigenvalue weighted by Gasteiger charge is 2.36. The van der Waals surface area contributed by atoms with Gasteiger partial charge in [0.05, 0.1) is 5.57 Å². The molecule has 0 saturated carbocycles. The Labute approximate surface area is 158 Å². The minimum atomic E-state index is -0.210. The molecule has 0 N–H and O–H groups in total. The summed E-state index contributed by atoms with van der Waals surface area (Å²) in [5, 5.41) is 0.